The summed E-state index contributed by atoms with van der Waals surface area (Å²) in [5.41, 5.74) is 0. The molecule has 16 heavy (non-hydrogen) atoms. The normalized spacial score (nSPS) is 12.1. The molecule has 0 rings (SSSR count). The minimum atomic E-state index is -0.945. The van der Waals surface area contributed by atoms with E-state index in [1.165, 1.54) is 0 Å². The maximum absolute atomic E-state index is 11.4. The number of nitrogens with one attached hydrogen (secondary N) is 1. The van der Waals surface area contributed by atoms with Crippen LogP contribution in [0, 0.1) is 0 Å². The fraction of sp³-hybridized carbons (Fsp3) is 0.818. The first-order chi connectivity index (χ1) is 7.61. The standard InChI is InChI=1S/C11H21NO3S/c1-3-6-9(11(14)15)12-10(13)7-4-5-8-16-2/h9H,3-8H2,1-2H3,(H,12,13)(H,14,15). The van der Waals surface area contributed by atoms with Crippen molar-refractivity contribution in [3.8, 4) is 0 Å². The Bertz CT molecular complexity index is 221. The lowest BCUT2D eigenvalue weighted by molar-refractivity contribution is -0.142. The highest BCUT2D eigenvalue weighted by molar-refractivity contribution is 7.98. The maximum Gasteiger partial charge on any atom is 0.326 e. The quantitative estimate of drug-likeness (QED) is 0.611. The largest absolute Gasteiger partial charge is 0.480 e. The summed E-state index contributed by atoms with van der Waals surface area (Å²) >= 11 is 1.75. The number of thioether (sulfide) groups is 1. The molecule has 0 fully saturated rings. The van der Waals surface area contributed by atoms with Crippen LogP contribution in [-0.2, 0) is 9.59 Å². The highest BCUT2D eigenvalue weighted by Crippen LogP contribution is 2.03. The van der Waals surface area contributed by atoms with Crippen molar-refractivity contribution in [2.45, 2.75) is 45.1 Å². The summed E-state index contributed by atoms with van der Waals surface area (Å²) in [6.07, 6.45) is 5.52. The van der Waals surface area contributed by atoms with E-state index in [4.69, 9.17) is 5.11 Å². The smallest absolute Gasteiger partial charge is 0.326 e. The third-order valence-corrected chi connectivity index (χ3v) is 2.91. The van der Waals surface area contributed by atoms with E-state index >= 15 is 0 Å². The van der Waals surface area contributed by atoms with Crippen molar-refractivity contribution in [3.05, 3.63) is 0 Å². The zero-order valence-electron chi connectivity index (χ0n) is 9.99. The molecule has 0 aliphatic heterocycles. The molecule has 0 aromatic rings. The van der Waals surface area contributed by atoms with Crippen LogP contribution in [0.25, 0.3) is 0 Å². The van der Waals surface area contributed by atoms with Gasteiger partial charge in [-0.1, -0.05) is 13.3 Å². The Morgan fingerprint density at radius 3 is 2.56 bits per heavy atom. The molecule has 0 saturated carbocycles. The third kappa shape index (κ3) is 7.56. The lowest BCUT2D eigenvalue weighted by atomic mass is 10.1. The zero-order chi connectivity index (χ0) is 12.4. The first-order valence-corrected chi connectivity index (χ1v) is 7.02. The minimum absolute atomic E-state index is 0.151. The monoisotopic (exact) mass is 247 g/mol. The maximum atomic E-state index is 11.4. The van der Waals surface area contributed by atoms with Gasteiger partial charge in [0.05, 0.1) is 0 Å². The van der Waals surface area contributed by atoms with Gasteiger partial charge >= 0.3 is 5.97 Å². The van der Waals surface area contributed by atoms with Gasteiger partial charge in [-0.2, -0.15) is 11.8 Å². The molecular weight excluding hydrogens is 226 g/mol. The van der Waals surface area contributed by atoms with Crippen LogP contribution in [0.15, 0.2) is 0 Å². The molecule has 0 aromatic carbocycles. The predicted octanol–water partition coefficient (Wildman–Crippen LogP) is 1.89. The Morgan fingerprint density at radius 1 is 1.38 bits per heavy atom. The SMILES string of the molecule is CCCC(NC(=O)CCCCSC)C(=O)O. The first-order valence-electron chi connectivity index (χ1n) is 5.63. The van der Waals surface area contributed by atoms with E-state index in [2.05, 4.69) is 5.32 Å². The Morgan fingerprint density at radius 2 is 2.06 bits per heavy atom. The number of rotatable bonds is 9. The van der Waals surface area contributed by atoms with Crippen LogP contribution in [0.5, 0.6) is 0 Å². The van der Waals surface area contributed by atoms with Gasteiger partial charge in [0, 0.05) is 6.42 Å². The summed E-state index contributed by atoms with van der Waals surface area (Å²) in [7, 11) is 0. The van der Waals surface area contributed by atoms with E-state index in [1.807, 2.05) is 13.2 Å². The Balaban J connectivity index is 3.77. The van der Waals surface area contributed by atoms with Gasteiger partial charge in [-0.25, -0.2) is 4.79 Å². The highest BCUT2D eigenvalue weighted by atomic mass is 32.2. The van der Waals surface area contributed by atoms with Crippen molar-refractivity contribution < 1.29 is 14.7 Å². The minimum Gasteiger partial charge on any atom is -0.480 e. The summed E-state index contributed by atoms with van der Waals surface area (Å²) in [5, 5.41) is 11.4. The number of carbonyl (C=O) groups excluding carboxylic acids is 1. The van der Waals surface area contributed by atoms with Gasteiger partial charge in [0.15, 0.2) is 0 Å². The van der Waals surface area contributed by atoms with Crippen LogP contribution in [-0.4, -0.2) is 35.0 Å². The lowest BCUT2D eigenvalue weighted by Gasteiger charge is -2.13. The molecule has 5 heteroatoms. The Hall–Kier alpha value is -0.710. The molecule has 0 aromatic heterocycles. The number of carboxylic acids is 1. The van der Waals surface area contributed by atoms with Gasteiger partial charge in [0.25, 0.3) is 0 Å². The number of carbonyl (C=O) groups is 2. The summed E-state index contributed by atoms with van der Waals surface area (Å²) in [5.74, 6) is -0.0498. The van der Waals surface area contributed by atoms with Gasteiger partial charge < -0.3 is 10.4 Å². The van der Waals surface area contributed by atoms with Crippen molar-refractivity contribution in [2.75, 3.05) is 12.0 Å². The molecule has 0 aliphatic rings. The van der Waals surface area contributed by atoms with Crippen LogP contribution in [0.2, 0.25) is 0 Å². The van der Waals surface area contributed by atoms with E-state index in [0.29, 0.717) is 12.8 Å². The molecule has 0 heterocycles. The summed E-state index contributed by atoms with van der Waals surface area (Å²) < 4.78 is 0. The number of amides is 1. The second-order valence-corrected chi connectivity index (χ2v) is 4.68. The molecule has 2 N–H and O–H groups in total. The molecular formula is C11H21NO3S. The predicted molar refractivity (Wildman–Crippen MR) is 66.7 cm³/mol. The number of unbranched alkanes of at least 4 members (excludes halogenated alkanes) is 1. The van der Waals surface area contributed by atoms with Crippen LogP contribution in [0.3, 0.4) is 0 Å². The molecule has 0 spiro atoms. The van der Waals surface area contributed by atoms with Crippen LogP contribution in [0.1, 0.15) is 39.0 Å². The molecule has 1 amide bonds. The van der Waals surface area contributed by atoms with Crippen LogP contribution in [0.4, 0.5) is 0 Å². The van der Waals surface area contributed by atoms with Gasteiger partial charge in [0.2, 0.25) is 5.91 Å². The second-order valence-electron chi connectivity index (χ2n) is 3.70. The fourth-order valence-corrected chi connectivity index (χ4v) is 1.84. The van der Waals surface area contributed by atoms with Crippen molar-refractivity contribution in [3.63, 3.8) is 0 Å². The molecule has 0 radical (unpaired) electrons. The Kier molecular flexibility index (Phi) is 9.09. The molecule has 0 aliphatic carbocycles. The van der Waals surface area contributed by atoms with Crippen LogP contribution < -0.4 is 5.32 Å². The summed E-state index contributed by atoms with van der Waals surface area (Å²) in [6, 6.07) is -0.724. The number of hydrogen-bond acceptors (Lipinski definition) is 3. The number of carboxylic acid groups (broad SMARTS) is 1. The average molecular weight is 247 g/mol. The van der Waals surface area contributed by atoms with Gasteiger partial charge in [0.1, 0.15) is 6.04 Å². The number of aliphatic carboxylic acids is 1. The molecule has 0 bridgehead atoms. The Labute approximate surface area is 101 Å². The van der Waals surface area contributed by atoms with Crippen molar-refractivity contribution in [1.82, 2.24) is 5.32 Å². The second kappa shape index (κ2) is 9.51. The average Bonchev–Trinajstić information content (AvgIpc) is 2.23. The van der Waals surface area contributed by atoms with E-state index in [1.54, 1.807) is 11.8 Å². The molecule has 4 nitrogen and oxygen atoms in total. The third-order valence-electron chi connectivity index (χ3n) is 2.21. The van der Waals surface area contributed by atoms with Gasteiger partial charge in [-0.05, 0) is 31.3 Å². The van der Waals surface area contributed by atoms with Crippen molar-refractivity contribution in [2.24, 2.45) is 0 Å². The highest BCUT2D eigenvalue weighted by Gasteiger charge is 2.17. The van der Waals surface area contributed by atoms with E-state index in [-0.39, 0.29) is 5.91 Å². The fourth-order valence-electron chi connectivity index (χ4n) is 1.34. The number of hydrogen-bond donors (Lipinski definition) is 2. The van der Waals surface area contributed by atoms with Gasteiger partial charge in [-0.15, -0.1) is 0 Å². The topological polar surface area (TPSA) is 66.4 Å². The molecule has 0 saturated heterocycles. The molecule has 1 unspecified atom stereocenters. The van der Waals surface area contributed by atoms with E-state index < -0.39 is 12.0 Å². The van der Waals surface area contributed by atoms with E-state index in [0.717, 1.165) is 25.0 Å². The van der Waals surface area contributed by atoms with Crippen LogP contribution >= 0.6 is 11.8 Å². The van der Waals surface area contributed by atoms with Crippen molar-refractivity contribution >= 4 is 23.6 Å². The van der Waals surface area contributed by atoms with E-state index in [9.17, 15) is 9.59 Å². The molecule has 94 valence electrons. The van der Waals surface area contributed by atoms with Gasteiger partial charge in [-0.3, -0.25) is 4.79 Å². The summed E-state index contributed by atoms with van der Waals surface area (Å²) in [4.78, 5) is 22.2. The van der Waals surface area contributed by atoms with Crippen molar-refractivity contribution in [1.29, 1.82) is 0 Å². The first kappa shape index (κ1) is 15.3. The summed E-state index contributed by atoms with van der Waals surface area (Å²) in [6.45, 7) is 1.90. The lowest BCUT2D eigenvalue weighted by Crippen LogP contribution is -2.40. The molecule has 1 atom stereocenters. The zero-order valence-corrected chi connectivity index (χ0v) is 10.8.